The van der Waals surface area contributed by atoms with Gasteiger partial charge in [0.25, 0.3) is 0 Å². The summed E-state index contributed by atoms with van der Waals surface area (Å²) in [6.45, 7) is 6.08. The Morgan fingerprint density at radius 1 is 0.967 bits per heavy atom. The second-order valence-electron chi connectivity index (χ2n) is 9.95. The van der Waals surface area contributed by atoms with E-state index in [9.17, 15) is 4.79 Å². The summed E-state index contributed by atoms with van der Waals surface area (Å²) in [5.41, 5.74) is 1.23. The number of nitrogens with zero attached hydrogens (tertiary/aromatic N) is 3. The first kappa shape index (κ1) is 20.5. The van der Waals surface area contributed by atoms with E-state index in [2.05, 4.69) is 39.0 Å². The molecular weight excluding hydrogens is 374 g/mol. The van der Waals surface area contributed by atoms with Gasteiger partial charge in [-0.1, -0.05) is 49.6 Å². The standard InChI is InChI=1S/C25H37N3O2/c29-24-18-28(23-11-14-26(15-12-23)22-9-5-2-6-10-22)25(13-16-30-20-25)19-27(24)17-21-7-3-1-4-8-21/h1,3-4,7-8,22-23H,2,5-6,9-20H2. The second kappa shape index (κ2) is 8.97. The molecule has 1 atom stereocenters. The van der Waals surface area contributed by atoms with Gasteiger partial charge in [0.1, 0.15) is 0 Å². The van der Waals surface area contributed by atoms with Crippen LogP contribution in [0.3, 0.4) is 0 Å². The molecule has 0 radical (unpaired) electrons. The lowest BCUT2D eigenvalue weighted by molar-refractivity contribution is -0.148. The number of piperidine rings is 1. The van der Waals surface area contributed by atoms with E-state index in [-0.39, 0.29) is 11.4 Å². The zero-order valence-corrected chi connectivity index (χ0v) is 18.3. The molecule has 5 heteroatoms. The first-order valence-electron chi connectivity index (χ1n) is 12.1. The first-order chi connectivity index (χ1) is 14.7. The van der Waals surface area contributed by atoms with Crippen molar-refractivity contribution in [1.82, 2.24) is 14.7 Å². The Morgan fingerprint density at radius 2 is 1.73 bits per heavy atom. The third kappa shape index (κ3) is 4.17. The molecule has 3 saturated heterocycles. The fourth-order valence-corrected chi connectivity index (χ4v) is 6.37. The van der Waals surface area contributed by atoms with Crippen molar-refractivity contribution >= 4 is 5.91 Å². The zero-order chi connectivity index (χ0) is 20.4. The number of hydrogen-bond acceptors (Lipinski definition) is 4. The van der Waals surface area contributed by atoms with Gasteiger partial charge in [0.05, 0.1) is 18.7 Å². The normalized spacial score (nSPS) is 30.4. The maximum absolute atomic E-state index is 13.1. The van der Waals surface area contributed by atoms with Gasteiger partial charge < -0.3 is 14.5 Å². The largest absolute Gasteiger partial charge is 0.379 e. The maximum atomic E-state index is 13.1. The Labute approximate surface area is 181 Å². The molecule has 1 aromatic rings. The molecule has 1 spiro atoms. The molecule has 164 valence electrons. The average molecular weight is 412 g/mol. The number of piperazine rings is 1. The quantitative estimate of drug-likeness (QED) is 0.762. The first-order valence-corrected chi connectivity index (χ1v) is 12.1. The third-order valence-electron chi connectivity index (χ3n) is 8.08. The van der Waals surface area contributed by atoms with Crippen LogP contribution in [-0.2, 0) is 16.1 Å². The number of benzene rings is 1. The van der Waals surface area contributed by atoms with E-state index in [1.807, 2.05) is 6.07 Å². The van der Waals surface area contributed by atoms with E-state index in [4.69, 9.17) is 4.74 Å². The Kier molecular flexibility index (Phi) is 6.12. The van der Waals surface area contributed by atoms with Crippen molar-refractivity contribution in [2.45, 2.75) is 75.5 Å². The van der Waals surface area contributed by atoms with E-state index >= 15 is 0 Å². The van der Waals surface area contributed by atoms with E-state index in [0.29, 0.717) is 12.6 Å². The van der Waals surface area contributed by atoms with Gasteiger partial charge in [0, 0.05) is 31.8 Å². The number of hydrogen-bond donors (Lipinski definition) is 0. The molecule has 1 unspecified atom stereocenters. The molecule has 0 N–H and O–H groups in total. The Hall–Kier alpha value is -1.43. The SMILES string of the molecule is O=C1CN(C2CCN(C3CCCCC3)CC2)C2(CCOC2)CN1Cc1ccccc1. The van der Waals surface area contributed by atoms with Crippen molar-refractivity contribution in [2.75, 3.05) is 39.4 Å². The van der Waals surface area contributed by atoms with Crippen LogP contribution in [0, 0.1) is 0 Å². The summed E-state index contributed by atoms with van der Waals surface area (Å²) >= 11 is 0. The van der Waals surface area contributed by atoms with Gasteiger partial charge in [-0.15, -0.1) is 0 Å². The molecule has 1 amide bonds. The Bertz CT molecular complexity index is 704. The van der Waals surface area contributed by atoms with Gasteiger partial charge in [-0.3, -0.25) is 9.69 Å². The highest BCUT2D eigenvalue weighted by Gasteiger charge is 2.50. The number of likely N-dealkylation sites (tertiary alicyclic amines) is 1. The van der Waals surface area contributed by atoms with Crippen LogP contribution in [0.25, 0.3) is 0 Å². The number of carbonyl (C=O) groups excluding carboxylic acids is 1. The molecule has 4 fully saturated rings. The summed E-state index contributed by atoms with van der Waals surface area (Å²) in [6, 6.07) is 11.7. The van der Waals surface area contributed by atoms with E-state index in [1.54, 1.807) is 0 Å². The highest BCUT2D eigenvalue weighted by molar-refractivity contribution is 5.79. The van der Waals surface area contributed by atoms with Gasteiger partial charge in [-0.05, 0) is 50.8 Å². The average Bonchev–Trinajstić information content (AvgIpc) is 3.26. The van der Waals surface area contributed by atoms with Crippen molar-refractivity contribution in [3.63, 3.8) is 0 Å². The van der Waals surface area contributed by atoms with Crippen LogP contribution in [0.2, 0.25) is 0 Å². The molecular formula is C25H37N3O2. The van der Waals surface area contributed by atoms with Crippen molar-refractivity contribution in [1.29, 1.82) is 0 Å². The smallest absolute Gasteiger partial charge is 0.237 e. The summed E-state index contributed by atoms with van der Waals surface area (Å²) in [5, 5.41) is 0. The molecule has 30 heavy (non-hydrogen) atoms. The van der Waals surface area contributed by atoms with Crippen LogP contribution in [0.15, 0.2) is 30.3 Å². The number of rotatable bonds is 4. The lowest BCUT2D eigenvalue weighted by Crippen LogP contribution is -2.68. The second-order valence-corrected chi connectivity index (χ2v) is 9.95. The summed E-state index contributed by atoms with van der Waals surface area (Å²) < 4.78 is 5.92. The zero-order valence-electron chi connectivity index (χ0n) is 18.3. The maximum Gasteiger partial charge on any atom is 0.237 e. The van der Waals surface area contributed by atoms with E-state index in [0.717, 1.165) is 38.8 Å². The van der Waals surface area contributed by atoms with Crippen molar-refractivity contribution < 1.29 is 9.53 Å². The summed E-state index contributed by atoms with van der Waals surface area (Å²) in [7, 11) is 0. The minimum atomic E-state index is 0.0143. The van der Waals surface area contributed by atoms with Crippen LogP contribution in [0.1, 0.15) is 56.9 Å². The highest BCUT2D eigenvalue weighted by Crippen LogP contribution is 2.36. The monoisotopic (exact) mass is 411 g/mol. The van der Waals surface area contributed by atoms with Gasteiger partial charge in [0.15, 0.2) is 0 Å². The molecule has 1 aromatic carbocycles. The van der Waals surface area contributed by atoms with Gasteiger partial charge in [-0.2, -0.15) is 0 Å². The molecule has 1 saturated carbocycles. The van der Waals surface area contributed by atoms with Crippen LogP contribution < -0.4 is 0 Å². The highest BCUT2D eigenvalue weighted by atomic mass is 16.5. The van der Waals surface area contributed by atoms with E-state index in [1.165, 1.54) is 63.6 Å². The lowest BCUT2D eigenvalue weighted by Gasteiger charge is -2.53. The van der Waals surface area contributed by atoms with Crippen LogP contribution in [0.5, 0.6) is 0 Å². The molecule has 5 nitrogen and oxygen atoms in total. The number of carbonyl (C=O) groups is 1. The molecule has 0 aromatic heterocycles. The third-order valence-corrected chi connectivity index (χ3v) is 8.08. The lowest BCUT2D eigenvalue weighted by atomic mass is 9.87. The number of amides is 1. The van der Waals surface area contributed by atoms with Crippen LogP contribution in [0.4, 0.5) is 0 Å². The minimum absolute atomic E-state index is 0.0143. The predicted octanol–water partition coefficient (Wildman–Crippen LogP) is 3.29. The Morgan fingerprint density at radius 3 is 2.43 bits per heavy atom. The molecule has 0 bridgehead atoms. The van der Waals surface area contributed by atoms with Crippen molar-refractivity contribution in [3.05, 3.63) is 35.9 Å². The summed E-state index contributed by atoms with van der Waals surface area (Å²) in [5.74, 6) is 0.283. The topological polar surface area (TPSA) is 36.0 Å². The molecule has 5 rings (SSSR count). The van der Waals surface area contributed by atoms with Gasteiger partial charge >= 0.3 is 0 Å². The Balaban J connectivity index is 1.25. The van der Waals surface area contributed by atoms with Crippen LogP contribution in [-0.4, -0.2) is 77.6 Å². The molecule has 1 aliphatic carbocycles. The predicted molar refractivity (Wildman–Crippen MR) is 118 cm³/mol. The minimum Gasteiger partial charge on any atom is -0.379 e. The summed E-state index contributed by atoms with van der Waals surface area (Å²) in [4.78, 5) is 20.5. The fraction of sp³-hybridized carbons (Fsp3) is 0.720. The van der Waals surface area contributed by atoms with Gasteiger partial charge in [0.2, 0.25) is 5.91 Å². The fourth-order valence-electron chi connectivity index (χ4n) is 6.37. The van der Waals surface area contributed by atoms with Crippen molar-refractivity contribution in [2.24, 2.45) is 0 Å². The van der Waals surface area contributed by atoms with Crippen molar-refractivity contribution in [3.8, 4) is 0 Å². The van der Waals surface area contributed by atoms with Gasteiger partial charge in [-0.25, -0.2) is 0 Å². The molecule has 3 aliphatic heterocycles. The molecule has 3 heterocycles. The summed E-state index contributed by atoms with van der Waals surface area (Å²) in [6.07, 6.45) is 10.5. The molecule has 4 aliphatic rings. The number of ether oxygens (including phenoxy) is 1. The van der Waals surface area contributed by atoms with Crippen LogP contribution >= 0.6 is 0 Å². The van der Waals surface area contributed by atoms with E-state index < -0.39 is 0 Å².